The van der Waals surface area contributed by atoms with Crippen LogP contribution >= 0.6 is 23.4 Å². The van der Waals surface area contributed by atoms with Gasteiger partial charge in [0.05, 0.1) is 16.9 Å². The number of thioether (sulfide) groups is 1. The number of halogens is 1. The van der Waals surface area contributed by atoms with Crippen LogP contribution in [0.3, 0.4) is 0 Å². The number of hydrazone groups is 1. The second-order valence-electron chi connectivity index (χ2n) is 6.89. The van der Waals surface area contributed by atoms with E-state index in [1.807, 2.05) is 65.2 Å². The fourth-order valence-corrected chi connectivity index (χ4v) is 3.94. The first kappa shape index (κ1) is 23.1. The Morgan fingerprint density at radius 2 is 1.79 bits per heavy atom. The lowest BCUT2D eigenvalue weighted by Crippen LogP contribution is -2.20. The fraction of sp³-hybridized carbons (Fsp3) is 0.0435. The van der Waals surface area contributed by atoms with Crippen LogP contribution in [0.15, 0.2) is 89.1 Å². The number of hydrogen-bond acceptors (Lipinski definition) is 7. The van der Waals surface area contributed by atoms with E-state index < -0.39 is 4.92 Å². The van der Waals surface area contributed by atoms with E-state index in [1.165, 1.54) is 36.2 Å². The van der Waals surface area contributed by atoms with Gasteiger partial charge in [-0.15, -0.1) is 10.2 Å². The summed E-state index contributed by atoms with van der Waals surface area (Å²) in [5.41, 5.74) is 4.36. The molecule has 0 spiro atoms. The maximum Gasteiger partial charge on any atom is 0.270 e. The molecule has 1 N–H and O–H groups in total. The molecule has 3 aromatic carbocycles. The molecule has 1 aromatic heterocycles. The SMILES string of the molecule is O=C(CSc1nnc(-c2ccccc2)n1-c1ccccc1)N/N=C/c1cc([N+](=O)[O-])ccc1Cl. The largest absolute Gasteiger partial charge is 0.272 e. The fourth-order valence-electron chi connectivity index (χ4n) is 3.03. The van der Waals surface area contributed by atoms with Gasteiger partial charge in [-0.1, -0.05) is 71.9 Å². The van der Waals surface area contributed by atoms with Crippen LogP contribution in [0.4, 0.5) is 5.69 Å². The first-order valence-electron chi connectivity index (χ1n) is 9.98. The lowest BCUT2D eigenvalue weighted by molar-refractivity contribution is -0.384. The van der Waals surface area contributed by atoms with Crippen molar-refractivity contribution in [3.63, 3.8) is 0 Å². The van der Waals surface area contributed by atoms with E-state index in [2.05, 4.69) is 20.7 Å². The Morgan fingerprint density at radius 1 is 1.09 bits per heavy atom. The summed E-state index contributed by atoms with van der Waals surface area (Å²) in [5.74, 6) is 0.305. The number of aromatic nitrogens is 3. The highest BCUT2D eigenvalue weighted by molar-refractivity contribution is 7.99. The Labute approximate surface area is 203 Å². The highest BCUT2D eigenvalue weighted by Crippen LogP contribution is 2.27. The minimum absolute atomic E-state index is 0.0275. The van der Waals surface area contributed by atoms with Gasteiger partial charge in [0.1, 0.15) is 0 Å². The van der Waals surface area contributed by atoms with Gasteiger partial charge in [-0.05, 0) is 18.2 Å². The first-order valence-corrected chi connectivity index (χ1v) is 11.3. The number of para-hydroxylation sites is 1. The van der Waals surface area contributed by atoms with E-state index in [4.69, 9.17) is 11.6 Å². The van der Waals surface area contributed by atoms with Gasteiger partial charge in [0.2, 0.25) is 0 Å². The molecule has 0 unspecified atom stereocenters. The zero-order chi connectivity index (χ0) is 23.9. The molecule has 1 amide bonds. The predicted octanol–water partition coefficient (Wildman–Crippen LogP) is 4.74. The molecule has 9 nitrogen and oxygen atoms in total. The van der Waals surface area contributed by atoms with Gasteiger partial charge in [0, 0.05) is 34.0 Å². The molecule has 0 aliphatic heterocycles. The zero-order valence-corrected chi connectivity index (χ0v) is 19.1. The minimum atomic E-state index is -0.532. The molecular formula is C23H17ClN6O3S. The van der Waals surface area contributed by atoms with Gasteiger partial charge in [0.25, 0.3) is 11.6 Å². The van der Waals surface area contributed by atoms with Crippen molar-refractivity contribution in [2.75, 3.05) is 5.75 Å². The standard InChI is InChI=1S/C23H17ClN6O3S/c24-20-12-11-19(30(32)33)13-17(20)14-25-26-21(31)15-34-23-28-27-22(16-7-3-1-4-8-16)29(23)18-9-5-2-6-10-18/h1-14H,15H2,(H,26,31)/b25-14+. The molecule has 4 aromatic rings. The lowest BCUT2D eigenvalue weighted by atomic mass is 10.2. The molecule has 0 aliphatic rings. The van der Waals surface area contributed by atoms with Crippen molar-refractivity contribution in [1.82, 2.24) is 20.2 Å². The number of rotatable bonds is 8. The van der Waals surface area contributed by atoms with Crippen LogP contribution in [0, 0.1) is 10.1 Å². The van der Waals surface area contributed by atoms with Crippen molar-refractivity contribution < 1.29 is 9.72 Å². The van der Waals surface area contributed by atoms with Crippen LogP contribution in [0.1, 0.15) is 5.56 Å². The Bertz CT molecular complexity index is 1350. The molecule has 34 heavy (non-hydrogen) atoms. The van der Waals surface area contributed by atoms with E-state index in [9.17, 15) is 14.9 Å². The molecule has 11 heteroatoms. The monoisotopic (exact) mass is 492 g/mol. The van der Waals surface area contributed by atoms with Gasteiger partial charge < -0.3 is 0 Å². The summed E-state index contributed by atoms with van der Waals surface area (Å²) in [7, 11) is 0. The summed E-state index contributed by atoms with van der Waals surface area (Å²) in [6.07, 6.45) is 1.26. The summed E-state index contributed by atoms with van der Waals surface area (Å²) in [5, 5.41) is 24.2. The van der Waals surface area contributed by atoms with Crippen LogP contribution in [0.5, 0.6) is 0 Å². The number of amides is 1. The number of hydrogen-bond donors (Lipinski definition) is 1. The molecule has 170 valence electrons. The second kappa shape index (κ2) is 10.7. The number of carbonyl (C=O) groups is 1. The molecule has 1 heterocycles. The third-order valence-electron chi connectivity index (χ3n) is 4.60. The van der Waals surface area contributed by atoms with Crippen LogP contribution < -0.4 is 5.43 Å². The summed E-state index contributed by atoms with van der Waals surface area (Å²) in [6, 6.07) is 23.3. The Balaban J connectivity index is 1.47. The highest BCUT2D eigenvalue weighted by atomic mass is 35.5. The highest BCUT2D eigenvalue weighted by Gasteiger charge is 2.17. The number of carbonyl (C=O) groups excluding carboxylic acids is 1. The smallest absolute Gasteiger partial charge is 0.270 e. The zero-order valence-electron chi connectivity index (χ0n) is 17.5. The number of nitrogens with one attached hydrogen (secondary N) is 1. The second-order valence-corrected chi connectivity index (χ2v) is 8.24. The van der Waals surface area contributed by atoms with E-state index in [1.54, 1.807) is 0 Å². The Kier molecular flexibility index (Phi) is 7.31. The number of nitro benzene ring substituents is 1. The topological polar surface area (TPSA) is 115 Å². The normalized spacial score (nSPS) is 11.0. The van der Waals surface area contributed by atoms with Crippen LogP contribution in [0.25, 0.3) is 17.1 Å². The summed E-state index contributed by atoms with van der Waals surface area (Å²) < 4.78 is 1.89. The van der Waals surface area contributed by atoms with Gasteiger partial charge in [-0.25, -0.2) is 5.43 Å². The molecule has 0 fully saturated rings. The maximum atomic E-state index is 12.3. The Morgan fingerprint density at radius 3 is 2.50 bits per heavy atom. The first-order chi connectivity index (χ1) is 16.5. The van der Waals surface area contributed by atoms with E-state index >= 15 is 0 Å². The minimum Gasteiger partial charge on any atom is -0.272 e. The average molecular weight is 493 g/mol. The maximum absolute atomic E-state index is 12.3. The molecule has 4 rings (SSSR count). The number of nitrogens with zero attached hydrogens (tertiary/aromatic N) is 5. The molecule has 0 saturated heterocycles. The van der Waals surface area contributed by atoms with Gasteiger partial charge in [-0.3, -0.25) is 19.5 Å². The van der Waals surface area contributed by atoms with Crippen molar-refractivity contribution in [2.24, 2.45) is 5.10 Å². The van der Waals surface area contributed by atoms with Gasteiger partial charge in [-0.2, -0.15) is 5.10 Å². The lowest BCUT2D eigenvalue weighted by Gasteiger charge is -2.10. The third-order valence-corrected chi connectivity index (χ3v) is 5.87. The molecule has 0 bridgehead atoms. The summed E-state index contributed by atoms with van der Waals surface area (Å²) in [6.45, 7) is 0. The van der Waals surface area contributed by atoms with Crippen molar-refractivity contribution in [3.8, 4) is 17.1 Å². The average Bonchev–Trinajstić information content (AvgIpc) is 3.29. The summed E-state index contributed by atoms with van der Waals surface area (Å²) in [4.78, 5) is 22.7. The number of non-ortho nitro benzene ring substituents is 1. The van der Waals surface area contributed by atoms with Crippen LogP contribution in [-0.4, -0.2) is 37.6 Å². The quantitative estimate of drug-likeness (QED) is 0.164. The third kappa shape index (κ3) is 5.48. The van der Waals surface area contributed by atoms with Crippen molar-refractivity contribution in [1.29, 1.82) is 0 Å². The van der Waals surface area contributed by atoms with Gasteiger partial charge >= 0.3 is 0 Å². The van der Waals surface area contributed by atoms with Crippen LogP contribution in [-0.2, 0) is 4.79 Å². The number of benzene rings is 3. The van der Waals surface area contributed by atoms with Crippen LogP contribution in [0.2, 0.25) is 5.02 Å². The predicted molar refractivity (Wildman–Crippen MR) is 131 cm³/mol. The van der Waals surface area contributed by atoms with Crippen molar-refractivity contribution >= 4 is 41.2 Å². The molecule has 0 radical (unpaired) electrons. The van der Waals surface area contributed by atoms with Crippen molar-refractivity contribution in [2.45, 2.75) is 5.16 Å². The van der Waals surface area contributed by atoms with E-state index in [0.717, 1.165) is 11.3 Å². The Hall–Kier alpha value is -4.02. The molecule has 0 atom stereocenters. The van der Waals surface area contributed by atoms with Gasteiger partial charge in [0.15, 0.2) is 11.0 Å². The van der Waals surface area contributed by atoms with E-state index in [-0.39, 0.29) is 22.4 Å². The molecule has 0 saturated carbocycles. The van der Waals surface area contributed by atoms with Crippen molar-refractivity contribution in [3.05, 3.63) is 99.6 Å². The summed E-state index contributed by atoms with van der Waals surface area (Å²) >= 11 is 7.25. The molecule has 0 aliphatic carbocycles. The van der Waals surface area contributed by atoms with E-state index in [0.29, 0.717) is 16.5 Å². The molecular weight excluding hydrogens is 476 g/mol. The number of nitro groups is 1.